The summed E-state index contributed by atoms with van der Waals surface area (Å²) in [5.74, 6) is 0. The monoisotopic (exact) mass is 246 g/mol. The Morgan fingerprint density at radius 3 is 2.72 bits per heavy atom. The molecule has 2 rings (SSSR count). The molecular weight excluding hydrogens is 228 g/mol. The van der Waals surface area contributed by atoms with Crippen molar-refractivity contribution in [3.63, 3.8) is 0 Å². The van der Waals surface area contributed by atoms with E-state index in [-0.39, 0.29) is 6.61 Å². The van der Waals surface area contributed by atoms with Crippen molar-refractivity contribution in [3.05, 3.63) is 42.2 Å². The van der Waals surface area contributed by atoms with Crippen LogP contribution in [0.1, 0.15) is 12.6 Å². The van der Waals surface area contributed by atoms with E-state index in [0.29, 0.717) is 13.1 Å². The number of rotatable bonds is 6. The van der Waals surface area contributed by atoms with Crippen LogP contribution in [0.25, 0.3) is 5.69 Å². The molecular formula is C13H18N4O. The van der Waals surface area contributed by atoms with E-state index >= 15 is 0 Å². The summed E-state index contributed by atoms with van der Waals surface area (Å²) in [6.07, 6.45) is 1.77. The SMILES string of the molecule is CCN(CCO)Cc1cnn(-c2ccccc2)n1. The van der Waals surface area contributed by atoms with Crippen molar-refractivity contribution in [1.29, 1.82) is 0 Å². The number of para-hydroxylation sites is 1. The maximum absolute atomic E-state index is 8.95. The summed E-state index contributed by atoms with van der Waals surface area (Å²) in [5, 5.41) is 17.6. The molecule has 1 aromatic carbocycles. The first-order chi connectivity index (χ1) is 8.83. The van der Waals surface area contributed by atoms with E-state index in [1.54, 1.807) is 11.0 Å². The topological polar surface area (TPSA) is 54.2 Å². The van der Waals surface area contributed by atoms with Crippen LogP contribution in [0.5, 0.6) is 0 Å². The quantitative estimate of drug-likeness (QED) is 0.828. The summed E-state index contributed by atoms with van der Waals surface area (Å²) in [4.78, 5) is 3.75. The molecule has 0 spiro atoms. The summed E-state index contributed by atoms with van der Waals surface area (Å²) in [6.45, 7) is 4.50. The second-order valence-electron chi connectivity index (χ2n) is 4.05. The van der Waals surface area contributed by atoms with Gasteiger partial charge in [0.2, 0.25) is 0 Å². The van der Waals surface area contributed by atoms with E-state index in [9.17, 15) is 0 Å². The standard InChI is InChI=1S/C13H18N4O/c1-2-16(8-9-18)11-12-10-14-17(15-12)13-6-4-3-5-7-13/h3-7,10,18H,2,8-9,11H2,1H3. The molecule has 2 aromatic rings. The number of likely N-dealkylation sites (N-methyl/N-ethyl adjacent to an activating group) is 1. The third kappa shape index (κ3) is 3.15. The van der Waals surface area contributed by atoms with Crippen LogP contribution in [0.2, 0.25) is 0 Å². The van der Waals surface area contributed by atoms with E-state index in [1.165, 1.54) is 0 Å². The van der Waals surface area contributed by atoms with Gasteiger partial charge in [0.1, 0.15) is 0 Å². The molecule has 0 amide bonds. The van der Waals surface area contributed by atoms with Gasteiger partial charge in [-0.05, 0) is 18.7 Å². The summed E-state index contributed by atoms with van der Waals surface area (Å²) >= 11 is 0. The predicted molar refractivity (Wildman–Crippen MR) is 69.4 cm³/mol. The Morgan fingerprint density at radius 2 is 2.06 bits per heavy atom. The Hall–Kier alpha value is -1.72. The molecule has 0 unspecified atom stereocenters. The lowest BCUT2D eigenvalue weighted by atomic mass is 10.3. The van der Waals surface area contributed by atoms with Crippen LogP contribution in [0.3, 0.4) is 0 Å². The lowest BCUT2D eigenvalue weighted by Crippen LogP contribution is -2.26. The number of aliphatic hydroxyl groups is 1. The van der Waals surface area contributed by atoms with Gasteiger partial charge >= 0.3 is 0 Å². The molecule has 0 aliphatic rings. The van der Waals surface area contributed by atoms with E-state index in [4.69, 9.17) is 5.11 Å². The summed E-state index contributed by atoms with van der Waals surface area (Å²) in [5.41, 5.74) is 1.86. The minimum atomic E-state index is 0.167. The molecule has 1 N–H and O–H groups in total. The fraction of sp³-hybridized carbons (Fsp3) is 0.385. The average Bonchev–Trinajstić information content (AvgIpc) is 2.88. The summed E-state index contributed by atoms with van der Waals surface area (Å²) in [6, 6.07) is 9.82. The molecule has 96 valence electrons. The zero-order valence-electron chi connectivity index (χ0n) is 10.5. The highest BCUT2D eigenvalue weighted by atomic mass is 16.3. The Morgan fingerprint density at radius 1 is 1.28 bits per heavy atom. The van der Waals surface area contributed by atoms with Gasteiger partial charge in [-0.25, -0.2) is 0 Å². The van der Waals surface area contributed by atoms with E-state index in [1.807, 2.05) is 30.3 Å². The van der Waals surface area contributed by atoms with Crippen LogP contribution in [0, 0.1) is 0 Å². The van der Waals surface area contributed by atoms with Crippen molar-refractivity contribution in [2.45, 2.75) is 13.5 Å². The Labute approximate surface area is 107 Å². The number of benzene rings is 1. The lowest BCUT2D eigenvalue weighted by Gasteiger charge is -2.16. The van der Waals surface area contributed by atoms with E-state index < -0.39 is 0 Å². The van der Waals surface area contributed by atoms with E-state index in [0.717, 1.165) is 17.9 Å². The fourth-order valence-electron chi connectivity index (χ4n) is 1.77. The van der Waals surface area contributed by atoms with Gasteiger partial charge in [0.05, 0.1) is 24.2 Å². The lowest BCUT2D eigenvalue weighted by molar-refractivity contribution is 0.195. The molecule has 1 aromatic heterocycles. The first-order valence-electron chi connectivity index (χ1n) is 6.13. The van der Waals surface area contributed by atoms with Gasteiger partial charge < -0.3 is 5.11 Å². The first-order valence-corrected chi connectivity index (χ1v) is 6.13. The highest BCUT2D eigenvalue weighted by Gasteiger charge is 2.07. The van der Waals surface area contributed by atoms with Crippen molar-refractivity contribution in [2.75, 3.05) is 19.7 Å². The minimum Gasteiger partial charge on any atom is -0.395 e. The molecule has 0 atom stereocenters. The predicted octanol–water partition coefficient (Wildman–Crippen LogP) is 1.08. The zero-order chi connectivity index (χ0) is 12.8. The highest BCUT2D eigenvalue weighted by Crippen LogP contribution is 2.05. The van der Waals surface area contributed by atoms with Crippen LogP contribution >= 0.6 is 0 Å². The molecule has 0 saturated carbocycles. The molecule has 5 heteroatoms. The number of hydrogen-bond donors (Lipinski definition) is 1. The van der Waals surface area contributed by atoms with Gasteiger partial charge in [-0.1, -0.05) is 25.1 Å². The van der Waals surface area contributed by atoms with Crippen LogP contribution in [0.4, 0.5) is 0 Å². The van der Waals surface area contributed by atoms with Gasteiger partial charge in [0.15, 0.2) is 0 Å². The number of nitrogens with zero attached hydrogens (tertiary/aromatic N) is 4. The third-order valence-electron chi connectivity index (χ3n) is 2.78. The first kappa shape index (κ1) is 12.7. The van der Waals surface area contributed by atoms with Crippen LogP contribution in [-0.2, 0) is 6.54 Å². The van der Waals surface area contributed by atoms with Crippen molar-refractivity contribution < 1.29 is 5.11 Å². The maximum Gasteiger partial charge on any atom is 0.0971 e. The van der Waals surface area contributed by atoms with Gasteiger partial charge in [0.25, 0.3) is 0 Å². The molecule has 0 saturated heterocycles. The number of hydrogen-bond acceptors (Lipinski definition) is 4. The van der Waals surface area contributed by atoms with Gasteiger partial charge in [0, 0.05) is 13.1 Å². The maximum atomic E-state index is 8.95. The Balaban J connectivity index is 2.06. The number of aliphatic hydroxyl groups excluding tert-OH is 1. The van der Waals surface area contributed by atoms with Gasteiger partial charge in [-0.3, -0.25) is 4.90 Å². The van der Waals surface area contributed by atoms with E-state index in [2.05, 4.69) is 22.0 Å². The molecule has 5 nitrogen and oxygen atoms in total. The smallest absolute Gasteiger partial charge is 0.0971 e. The minimum absolute atomic E-state index is 0.167. The van der Waals surface area contributed by atoms with Gasteiger partial charge in [-0.2, -0.15) is 15.0 Å². The third-order valence-corrected chi connectivity index (χ3v) is 2.78. The Kier molecular flexibility index (Phi) is 4.44. The van der Waals surface area contributed by atoms with Gasteiger partial charge in [-0.15, -0.1) is 0 Å². The van der Waals surface area contributed by atoms with Crippen molar-refractivity contribution in [2.24, 2.45) is 0 Å². The second kappa shape index (κ2) is 6.28. The molecule has 0 aliphatic heterocycles. The molecule has 0 radical (unpaired) electrons. The fourth-order valence-corrected chi connectivity index (χ4v) is 1.77. The molecule has 0 fully saturated rings. The summed E-state index contributed by atoms with van der Waals surface area (Å²) in [7, 11) is 0. The average molecular weight is 246 g/mol. The van der Waals surface area contributed by atoms with Crippen LogP contribution in [0.15, 0.2) is 36.5 Å². The second-order valence-corrected chi connectivity index (χ2v) is 4.05. The molecule has 0 bridgehead atoms. The van der Waals surface area contributed by atoms with Crippen molar-refractivity contribution in [1.82, 2.24) is 19.9 Å². The van der Waals surface area contributed by atoms with Crippen molar-refractivity contribution in [3.8, 4) is 5.69 Å². The van der Waals surface area contributed by atoms with Crippen LogP contribution < -0.4 is 0 Å². The van der Waals surface area contributed by atoms with Crippen molar-refractivity contribution >= 4 is 0 Å². The molecule has 0 aliphatic carbocycles. The highest BCUT2D eigenvalue weighted by molar-refractivity contribution is 5.28. The molecule has 1 heterocycles. The summed E-state index contributed by atoms with van der Waals surface area (Å²) < 4.78 is 0. The largest absolute Gasteiger partial charge is 0.395 e. The Bertz CT molecular complexity index is 469. The van der Waals surface area contributed by atoms with Crippen LogP contribution in [-0.4, -0.2) is 44.7 Å². The number of aromatic nitrogens is 3. The normalized spacial score (nSPS) is 11.1. The zero-order valence-corrected chi connectivity index (χ0v) is 10.5. The molecule has 18 heavy (non-hydrogen) atoms.